The Morgan fingerprint density at radius 3 is 2.89 bits per heavy atom. The number of carbonyl (C=O) groups excluding carboxylic acids is 1. The lowest BCUT2D eigenvalue weighted by Gasteiger charge is -2.43. The smallest absolute Gasteiger partial charge is 0.409 e. The summed E-state index contributed by atoms with van der Waals surface area (Å²) in [6, 6.07) is 6.58. The van der Waals surface area contributed by atoms with E-state index in [1.807, 2.05) is 24.0 Å². The summed E-state index contributed by atoms with van der Waals surface area (Å²) < 4.78 is 10.0. The molecule has 2 fully saturated rings. The van der Waals surface area contributed by atoms with Gasteiger partial charge in [-0.2, -0.15) is 0 Å². The molecule has 1 aromatic heterocycles. The molecule has 4 rings (SSSR count). The molecule has 2 aliphatic heterocycles. The Balaban J connectivity index is 1.34. The second kappa shape index (κ2) is 8.22. The molecule has 0 radical (unpaired) electrons. The van der Waals surface area contributed by atoms with Gasteiger partial charge >= 0.3 is 6.09 Å². The highest BCUT2D eigenvalue weighted by Gasteiger charge is 2.30. The first-order chi connectivity index (χ1) is 13.2. The van der Waals surface area contributed by atoms with E-state index in [1.54, 1.807) is 0 Å². The zero-order chi connectivity index (χ0) is 18.6. The van der Waals surface area contributed by atoms with Gasteiger partial charge in [0.25, 0.3) is 0 Å². The van der Waals surface area contributed by atoms with E-state index in [0.717, 1.165) is 56.8 Å². The fourth-order valence-corrected chi connectivity index (χ4v) is 4.19. The lowest BCUT2D eigenvalue weighted by molar-refractivity contribution is 0.0413. The minimum atomic E-state index is -0.184. The molecule has 8 heteroatoms. The standard InChI is InChI=1S/C19H27N5O3/c1-2-26-19(25)24-11-9-23(10-12-24)16-6-4-8-22(14-16)13-15-5-3-7-17-18(15)21-27-20-17/h3,5,7,16H,2,4,6,8-14H2,1H3/t16-/m0/s1. The van der Waals surface area contributed by atoms with E-state index in [4.69, 9.17) is 9.37 Å². The summed E-state index contributed by atoms with van der Waals surface area (Å²) in [6.45, 7) is 8.62. The van der Waals surface area contributed by atoms with Crippen LogP contribution in [0.25, 0.3) is 11.0 Å². The van der Waals surface area contributed by atoms with Crippen LogP contribution in [0.4, 0.5) is 4.79 Å². The number of benzene rings is 1. The molecule has 0 spiro atoms. The number of amides is 1. The highest BCUT2D eigenvalue weighted by Crippen LogP contribution is 2.22. The lowest BCUT2D eigenvalue weighted by atomic mass is 10.0. The number of likely N-dealkylation sites (tertiary alicyclic amines) is 1. The van der Waals surface area contributed by atoms with Crippen molar-refractivity contribution in [2.24, 2.45) is 0 Å². The molecule has 0 unspecified atom stereocenters. The van der Waals surface area contributed by atoms with Crippen molar-refractivity contribution in [3.63, 3.8) is 0 Å². The fourth-order valence-electron chi connectivity index (χ4n) is 4.19. The van der Waals surface area contributed by atoms with Crippen molar-refractivity contribution in [2.45, 2.75) is 32.4 Å². The number of piperazine rings is 1. The van der Waals surface area contributed by atoms with Gasteiger partial charge in [-0.15, -0.1) is 0 Å². The van der Waals surface area contributed by atoms with Gasteiger partial charge in [0.1, 0.15) is 11.0 Å². The number of ether oxygens (including phenoxy) is 1. The van der Waals surface area contributed by atoms with Crippen LogP contribution in [0.15, 0.2) is 22.8 Å². The number of hydrogen-bond acceptors (Lipinski definition) is 7. The predicted molar refractivity (Wildman–Crippen MR) is 100 cm³/mol. The van der Waals surface area contributed by atoms with Crippen LogP contribution in [0, 0.1) is 0 Å². The third kappa shape index (κ3) is 4.06. The molecule has 0 aliphatic carbocycles. The lowest BCUT2D eigenvalue weighted by Crippen LogP contribution is -2.55. The maximum atomic E-state index is 11.9. The maximum Gasteiger partial charge on any atom is 0.409 e. The van der Waals surface area contributed by atoms with E-state index in [0.29, 0.717) is 12.6 Å². The van der Waals surface area contributed by atoms with Crippen LogP contribution in [-0.2, 0) is 11.3 Å². The summed E-state index contributed by atoms with van der Waals surface area (Å²) >= 11 is 0. The van der Waals surface area contributed by atoms with Crippen molar-refractivity contribution < 1.29 is 14.2 Å². The molecule has 146 valence electrons. The van der Waals surface area contributed by atoms with Crippen molar-refractivity contribution >= 4 is 17.1 Å². The molecule has 0 saturated carbocycles. The van der Waals surface area contributed by atoms with Crippen LogP contribution >= 0.6 is 0 Å². The monoisotopic (exact) mass is 373 g/mol. The van der Waals surface area contributed by atoms with E-state index in [2.05, 4.69) is 26.2 Å². The normalized spacial score (nSPS) is 22.3. The maximum absolute atomic E-state index is 11.9. The number of hydrogen-bond donors (Lipinski definition) is 0. The van der Waals surface area contributed by atoms with E-state index in [9.17, 15) is 4.79 Å². The zero-order valence-electron chi connectivity index (χ0n) is 15.8. The molecular weight excluding hydrogens is 346 g/mol. The molecule has 0 bridgehead atoms. The average Bonchev–Trinajstić information content (AvgIpc) is 3.18. The molecular formula is C19H27N5O3. The van der Waals surface area contributed by atoms with Crippen molar-refractivity contribution in [3.8, 4) is 0 Å². The Hall–Kier alpha value is -2.19. The third-order valence-electron chi connectivity index (χ3n) is 5.60. The van der Waals surface area contributed by atoms with Crippen molar-refractivity contribution in [1.29, 1.82) is 0 Å². The number of carbonyl (C=O) groups is 1. The zero-order valence-corrected chi connectivity index (χ0v) is 15.8. The van der Waals surface area contributed by atoms with Gasteiger partial charge in [-0.1, -0.05) is 12.1 Å². The second-order valence-electron chi connectivity index (χ2n) is 7.30. The molecule has 27 heavy (non-hydrogen) atoms. The van der Waals surface area contributed by atoms with E-state index in [1.165, 1.54) is 18.4 Å². The van der Waals surface area contributed by atoms with Crippen molar-refractivity contribution in [2.75, 3.05) is 45.9 Å². The largest absolute Gasteiger partial charge is 0.450 e. The molecule has 1 amide bonds. The van der Waals surface area contributed by atoms with Gasteiger partial charge in [0.05, 0.1) is 6.61 Å². The molecule has 1 aromatic carbocycles. The van der Waals surface area contributed by atoms with Crippen LogP contribution in [-0.4, -0.2) is 83.0 Å². The molecule has 2 aromatic rings. The molecule has 2 aliphatic rings. The molecule has 1 atom stereocenters. The molecule has 8 nitrogen and oxygen atoms in total. The van der Waals surface area contributed by atoms with Gasteiger partial charge in [-0.25, -0.2) is 9.42 Å². The summed E-state index contributed by atoms with van der Waals surface area (Å²) in [5.41, 5.74) is 2.85. The number of nitrogens with zero attached hydrogens (tertiary/aromatic N) is 5. The first-order valence-electron chi connectivity index (χ1n) is 9.83. The summed E-state index contributed by atoms with van der Waals surface area (Å²) in [6.07, 6.45) is 2.22. The topological polar surface area (TPSA) is 74.9 Å². The molecule has 2 saturated heterocycles. The summed E-state index contributed by atoms with van der Waals surface area (Å²) in [4.78, 5) is 18.7. The van der Waals surface area contributed by atoms with Gasteiger partial charge in [-0.3, -0.25) is 9.80 Å². The summed E-state index contributed by atoms with van der Waals surface area (Å²) in [5, 5.41) is 8.00. The van der Waals surface area contributed by atoms with Gasteiger partial charge in [0.15, 0.2) is 0 Å². The number of aromatic nitrogens is 2. The van der Waals surface area contributed by atoms with E-state index >= 15 is 0 Å². The summed E-state index contributed by atoms with van der Waals surface area (Å²) in [5.74, 6) is 0. The molecule has 3 heterocycles. The Labute approximate surface area is 159 Å². The highest BCUT2D eigenvalue weighted by molar-refractivity contribution is 5.76. The number of fused-ring (bicyclic) bond motifs is 1. The van der Waals surface area contributed by atoms with Gasteiger partial charge < -0.3 is 9.64 Å². The predicted octanol–water partition coefficient (Wildman–Crippen LogP) is 1.96. The Morgan fingerprint density at radius 1 is 1.22 bits per heavy atom. The van der Waals surface area contributed by atoms with Crippen molar-refractivity contribution in [1.82, 2.24) is 25.0 Å². The van der Waals surface area contributed by atoms with Crippen LogP contribution in [0.1, 0.15) is 25.3 Å². The quantitative estimate of drug-likeness (QED) is 0.811. The van der Waals surface area contributed by atoms with E-state index < -0.39 is 0 Å². The third-order valence-corrected chi connectivity index (χ3v) is 5.60. The number of piperidine rings is 1. The Kier molecular flexibility index (Phi) is 5.54. The first kappa shape index (κ1) is 18.2. The van der Waals surface area contributed by atoms with Gasteiger partial charge in [-0.05, 0) is 48.3 Å². The average molecular weight is 373 g/mol. The Morgan fingerprint density at radius 2 is 2.07 bits per heavy atom. The van der Waals surface area contributed by atoms with E-state index in [-0.39, 0.29) is 6.09 Å². The van der Waals surface area contributed by atoms with Crippen LogP contribution in [0.5, 0.6) is 0 Å². The highest BCUT2D eigenvalue weighted by atomic mass is 16.6. The first-order valence-corrected chi connectivity index (χ1v) is 9.83. The number of rotatable bonds is 4. The second-order valence-corrected chi connectivity index (χ2v) is 7.30. The van der Waals surface area contributed by atoms with Crippen LogP contribution in [0.2, 0.25) is 0 Å². The van der Waals surface area contributed by atoms with Crippen LogP contribution in [0.3, 0.4) is 0 Å². The fraction of sp³-hybridized carbons (Fsp3) is 0.632. The minimum absolute atomic E-state index is 0.184. The van der Waals surface area contributed by atoms with Gasteiger partial charge in [0.2, 0.25) is 0 Å². The van der Waals surface area contributed by atoms with Crippen molar-refractivity contribution in [3.05, 3.63) is 23.8 Å². The SMILES string of the molecule is CCOC(=O)N1CCN([C@H]2CCCN(Cc3cccc4nonc34)C2)CC1. The van der Waals surface area contributed by atoms with Crippen LogP contribution < -0.4 is 0 Å². The Bertz CT molecular complexity index is 772. The summed E-state index contributed by atoms with van der Waals surface area (Å²) in [7, 11) is 0. The van der Waals surface area contributed by atoms with Gasteiger partial charge in [0, 0.05) is 45.3 Å². The molecule has 0 N–H and O–H groups in total. The minimum Gasteiger partial charge on any atom is -0.450 e.